The molecule has 2 heterocycles. The van der Waals surface area contributed by atoms with E-state index < -0.39 is 0 Å². The summed E-state index contributed by atoms with van der Waals surface area (Å²) in [5.41, 5.74) is 10.2. The third-order valence-electron chi connectivity index (χ3n) is 3.61. The number of halogens is 1. The maximum atomic E-state index is 12.6. The monoisotopic (exact) mass is 287 g/mol. The number of hydrogen-bond acceptors (Lipinski definition) is 3. The van der Waals surface area contributed by atoms with E-state index in [1.165, 1.54) is 6.20 Å². The number of anilines is 2. The highest BCUT2D eigenvalue weighted by atomic mass is 35.5. The highest BCUT2D eigenvalue weighted by Gasteiger charge is 2.27. The maximum absolute atomic E-state index is 12.6. The van der Waals surface area contributed by atoms with Crippen LogP contribution in [0, 0.1) is 6.92 Å². The first-order valence-electron chi connectivity index (χ1n) is 6.38. The summed E-state index contributed by atoms with van der Waals surface area (Å²) in [6.07, 6.45) is 3.89. The molecule has 1 aliphatic heterocycles. The predicted octanol–water partition coefficient (Wildman–Crippen LogP) is 2.83. The fourth-order valence-corrected chi connectivity index (χ4v) is 2.68. The zero-order valence-corrected chi connectivity index (χ0v) is 11.8. The van der Waals surface area contributed by atoms with Crippen LogP contribution in [0.5, 0.6) is 0 Å². The summed E-state index contributed by atoms with van der Waals surface area (Å²) in [6, 6.07) is 5.55. The third-order valence-corrected chi connectivity index (χ3v) is 3.91. The van der Waals surface area contributed by atoms with E-state index in [9.17, 15) is 4.79 Å². The molecule has 0 spiro atoms. The average molecular weight is 288 g/mol. The smallest absolute Gasteiger partial charge is 0.259 e. The van der Waals surface area contributed by atoms with Gasteiger partial charge in [0.25, 0.3) is 5.91 Å². The number of nitrogens with zero attached hydrogens (tertiary/aromatic N) is 2. The number of carbonyl (C=O) groups excluding carboxylic acids is 1. The Balaban J connectivity index is 2.01. The second-order valence-electron chi connectivity index (χ2n) is 4.90. The number of aryl methyl sites for hydroxylation is 1. The fourth-order valence-electron chi connectivity index (χ4n) is 2.48. The van der Waals surface area contributed by atoms with Crippen molar-refractivity contribution in [2.45, 2.75) is 13.3 Å². The SMILES string of the molecule is Cc1cc2c(cc1N)N(C(=O)c1ccncc1Cl)CC2. The van der Waals surface area contributed by atoms with Crippen LogP contribution >= 0.6 is 11.6 Å². The lowest BCUT2D eigenvalue weighted by molar-refractivity contribution is 0.0989. The Morgan fingerprint density at radius 3 is 3.00 bits per heavy atom. The average Bonchev–Trinajstić information content (AvgIpc) is 2.82. The number of carbonyl (C=O) groups is 1. The number of nitrogens with two attached hydrogens (primary N) is 1. The minimum atomic E-state index is -0.112. The normalized spacial score (nSPS) is 13.4. The van der Waals surface area contributed by atoms with Crippen LogP contribution in [0.15, 0.2) is 30.6 Å². The zero-order chi connectivity index (χ0) is 14.3. The van der Waals surface area contributed by atoms with Gasteiger partial charge in [0.05, 0.1) is 10.6 Å². The molecule has 0 fully saturated rings. The van der Waals surface area contributed by atoms with Crippen molar-refractivity contribution < 1.29 is 4.79 Å². The molecular formula is C15H14ClN3O. The molecule has 0 saturated heterocycles. The van der Waals surface area contributed by atoms with Crippen LogP contribution in [0.2, 0.25) is 5.02 Å². The topological polar surface area (TPSA) is 59.2 Å². The van der Waals surface area contributed by atoms with Gasteiger partial charge >= 0.3 is 0 Å². The van der Waals surface area contributed by atoms with Gasteiger partial charge in [-0.25, -0.2) is 0 Å². The van der Waals surface area contributed by atoms with E-state index in [1.807, 2.05) is 19.1 Å². The number of rotatable bonds is 1. The number of nitrogen functional groups attached to an aromatic ring is 1. The van der Waals surface area contributed by atoms with E-state index in [4.69, 9.17) is 17.3 Å². The van der Waals surface area contributed by atoms with Crippen molar-refractivity contribution in [3.8, 4) is 0 Å². The molecule has 3 rings (SSSR count). The fraction of sp³-hybridized carbons (Fsp3) is 0.200. The molecule has 5 heteroatoms. The molecule has 0 unspecified atom stereocenters. The van der Waals surface area contributed by atoms with Crippen molar-refractivity contribution in [1.82, 2.24) is 4.98 Å². The molecule has 1 aromatic carbocycles. The van der Waals surface area contributed by atoms with E-state index in [1.54, 1.807) is 17.2 Å². The van der Waals surface area contributed by atoms with Gasteiger partial charge in [0.15, 0.2) is 0 Å². The van der Waals surface area contributed by atoms with Crippen molar-refractivity contribution >= 4 is 28.9 Å². The van der Waals surface area contributed by atoms with Crippen molar-refractivity contribution in [1.29, 1.82) is 0 Å². The van der Waals surface area contributed by atoms with Crippen molar-refractivity contribution in [3.63, 3.8) is 0 Å². The largest absolute Gasteiger partial charge is 0.398 e. The van der Waals surface area contributed by atoms with E-state index in [0.717, 1.165) is 23.2 Å². The van der Waals surface area contributed by atoms with Gasteiger partial charge in [0.2, 0.25) is 0 Å². The number of benzene rings is 1. The lowest BCUT2D eigenvalue weighted by atomic mass is 10.1. The Kier molecular flexibility index (Phi) is 3.10. The van der Waals surface area contributed by atoms with E-state index in [2.05, 4.69) is 4.98 Å². The number of aromatic nitrogens is 1. The van der Waals surface area contributed by atoms with Crippen LogP contribution in [0.3, 0.4) is 0 Å². The van der Waals surface area contributed by atoms with Crippen LogP contribution in [0.4, 0.5) is 11.4 Å². The Hall–Kier alpha value is -2.07. The molecule has 20 heavy (non-hydrogen) atoms. The molecule has 0 aliphatic carbocycles. The van der Waals surface area contributed by atoms with Crippen molar-refractivity contribution in [2.75, 3.05) is 17.2 Å². The third kappa shape index (κ3) is 2.02. The summed E-state index contributed by atoms with van der Waals surface area (Å²) < 4.78 is 0. The first-order valence-corrected chi connectivity index (χ1v) is 6.76. The van der Waals surface area contributed by atoms with Crippen LogP contribution in [0.1, 0.15) is 21.5 Å². The van der Waals surface area contributed by atoms with Gasteiger partial charge in [0, 0.05) is 30.3 Å². The molecule has 1 aliphatic rings. The minimum Gasteiger partial charge on any atom is -0.398 e. The summed E-state index contributed by atoms with van der Waals surface area (Å²) in [5.74, 6) is -0.112. The van der Waals surface area contributed by atoms with Gasteiger partial charge in [-0.05, 0) is 36.6 Å². The van der Waals surface area contributed by atoms with Gasteiger partial charge in [-0.1, -0.05) is 17.7 Å². The summed E-state index contributed by atoms with van der Waals surface area (Å²) in [7, 11) is 0. The van der Waals surface area contributed by atoms with Gasteiger partial charge in [0.1, 0.15) is 0 Å². The van der Waals surface area contributed by atoms with Gasteiger partial charge in [-0.2, -0.15) is 0 Å². The highest BCUT2D eigenvalue weighted by Crippen LogP contribution is 2.33. The van der Waals surface area contributed by atoms with E-state index in [0.29, 0.717) is 22.8 Å². The van der Waals surface area contributed by atoms with Crippen molar-refractivity contribution in [3.05, 3.63) is 52.3 Å². The van der Waals surface area contributed by atoms with Gasteiger partial charge in [-0.15, -0.1) is 0 Å². The van der Waals surface area contributed by atoms with Gasteiger partial charge in [-0.3, -0.25) is 9.78 Å². The molecule has 1 amide bonds. The zero-order valence-electron chi connectivity index (χ0n) is 11.1. The molecule has 2 N–H and O–H groups in total. The lowest BCUT2D eigenvalue weighted by Gasteiger charge is -2.18. The Bertz CT molecular complexity index is 700. The lowest BCUT2D eigenvalue weighted by Crippen LogP contribution is -2.29. The summed E-state index contributed by atoms with van der Waals surface area (Å²) >= 11 is 6.05. The van der Waals surface area contributed by atoms with Crippen LogP contribution in [0.25, 0.3) is 0 Å². The standard InChI is InChI=1S/C15H14ClN3O/c1-9-6-10-3-5-19(14(10)7-13(9)17)15(20)11-2-4-18-8-12(11)16/h2,4,6-8H,3,5,17H2,1H3. The van der Waals surface area contributed by atoms with E-state index >= 15 is 0 Å². The Labute approximate surface area is 122 Å². The first kappa shape index (κ1) is 12.9. The summed E-state index contributed by atoms with van der Waals surface area (Å²) in [5, 5.41) is 0.367. The Morgan fingerprint density at radius 2 is 2.25 bits per heavy atom. The Morgan fingerprint density at radius 1 is 1.45 bits per heavy atom. The molecule has 0 atom stereocenters. The second kappa shape index (κ2) is 4.80. The van der Waals surface area contributed by atoms with Crippen LogP contribution < -0.4 is 10.6 Å². The van der Waals surface area contributed by atoms with Gasteiger partial charge < -0.3 is 10.6 Å². The quantitative estimate of drug-likeness (QED) is 0.821. The molecular weight excluding hydrogens is 274 g/mol. The molecule has 4 nitrogen and oxygen atoms in total. The molecule has 102 valence electrons. The number of fused-ring (bicyclic) bond motifs is 1. The van der Waals surface area contributed by atoms with Crippen LogP contribution in [-0.2, 0) is 6.42 Å². The predicted molar refractivity (Wildman–Crippen MR) is 80.2 cm³/mol. The van der Waals surface area contributed by atoms with E-state index in [-0.39, 0.29) is 5.91 Å². The second-order valence-corrected chi connectivity index (χ2v) is 5.31. The van der Waals surface area contributed by atoms with Crippen molar-refractivity contribution in [2.24, 2.45) is 0 Å². The molecule has 0 radical (unpaired) electrons. The summed E-state index contributed by atoms with van der Waals surface area (Å²) in [6.45, 7) is 2.62. The highest BCUT2D eigenvalue weighted by molar-refractivity contribution is 6.34. The van der Waals surface area contributed by atoms with Crippen LogP contribution in [-0.4, -0.2) is 17.4 Å². The number of hydrogen-bond donors (Lipinski definition) is 1. The molecule has 0 bridgehead atoms. The number of pyridine rings is 1. The first-order chi connectivity index (χ1) is 9.58. The molecule has 0 saturated carbocycles. The minimum absolute atomic E-state index is 0.112. The molecule has 2 aromatic rings. The molecule has 1 aromatic heterocycles. The number of amides is 1. The maximum Gasteiger partial charge on any atom is 0.259 e. The summed E-state index contributed by atoms with van der Waals surface area (Å²) in [4.78, 5) is 18.2.